The zero-order valence-electron chi connectivity index (χ0n) is 9.78. The van der Waals surface area contributed by atoms with Crippen molar-refractivity contribution in [1.82, 2.24) is 14.5 Å². The summed E-state index contributed by atoms with van der Waals surface area (Å²) >= 11 is 0. The molecule has 5 heteroatoms. The molecule has 3 aromatic heterocycles. The van der Waals surface area contributed by atoms with Gasteiger partial charge in [0.15, 0.2) is 5.65 Å². The number of imidazole rings is 1. The molecule has 0 unspecified atom stereocenters. The molecule has 0 bridgehead atoms. The van der Waals surface area contributed by atoms with Gasteiger partial charge < -0.3 is 9.52 Å². The summed E-state index contributed by atoms with van der Waals surface area (Å²) in [6.45, 7) is 0.148. The van der Waals surface area contributed by atoms with Gasteiger partial charge in [0.1, 0.15) is 11.3 Å². The molecule has 0 amide bonds. The van der Waals surface area contributed by atoms with Crippen molar-refractivity contribution >= 4 is 11.2 Å². The molecule has 1 N–H and O–H groups in total. The van der Waals surface area contributed by atoms with Gasteiger partial charge in [-0.05, 0) is 24.6 Å². The predicted octanol–water partition coefficient (Wildman–Crippen LogP) is 1.94. The Morgan fingerprint density at radius 2 is 2.22 bits per heavy atom. The Bertz CT molecular complexity index is 643. The fourth-order valence-electron chi connectivity index (χ4n) is 1.99. The van der Waals surface area contributed by atoms with Crippen LogP contribution in [0.3, 0.4) is 0 Å². The highest BCUT2D eigenvalue weighted by molar-refractivity contribution is 5.73. The SMILES string of the molecule is OCCCc1nc2cccnc2n1-c1ccco1. The molecule has 0 spiro atoms. The van der Waals surface area contributed by atoms with E-state index in [0.29, 0.717) is 18.7 Å². The second-order valence-corrected chi connectivity index (χ2v) is 3.99. The summed E-state index contributed by atoms with van der Waals surface area (Å²) in [5, 5.41) is 8.95. The average molecular weight is 243 g/mol. The van der Waals surface area contributed by atoms with Gasteiger partial charge in [-0.2, -0.15) is 0 Å². The van der Waals surface area contributed by atoms with E-state index in [1.165, 1.54) is 0 Å². The first-order valence-corrected chi connectivity index (χ1v) is 5.87. The molecule has 0 fully saturated rings. The van der Waals surface area contributed by atoms with Crippen LogP contribution in [0, 0.1) is 0 Å². The Morgan fingerprint density at radius 3 is 3.00 bits per heavy atom. The third-order valence-corrected chi connectivity index (χ3v) is 2.77. The summed E-state index contributed by atoms with van der Waals surface area (Å²) in [4.78, 5) is 8.88. The minimum absolute atomic E-state index is 0.148. The lowest BCUT2D eigenvalue weighted by atomic mass is 10.3. The number of hydrogen-bond acceptors (Lipinski definition) is 4. The van der Waals surface area contributed by atoms with Crippen molar-refractivity contribution in [1.29, 1.82) is 0 Å². The van der Waals surface area contributed by atoms with Crippen molar-refractivity contribution in [3.05, 3.63) is 42.5 Å². The smallest absolute Gasteiger partial charge is 0.206 e. The molecule has 0 radical (unpaired) electrons. The van der Waals surface area contributed by atoms with E-state index in [-0.39, 0.29) is 6.61 Å². The van der Waals surface area contributed by atoms with Crippen LogP contribution in [0.2, 0.25) is 0 Å². The quantitative estimate of drug-likeness (QED) is 0.760. The number of pyridine rings is 1. The van der Waals surface area contributed by atoms with E-state index in [1.807, 2.05) is 28.8 Å². The van der Waals surface area contributed by atoms with Crippen LogP contribution >= 0.6 is 0 Å². The molecule has 18 heavy (non-hydrogen) atoms. The molecule has 0 aliphatic carbocycles. The molecule has 0 aliphatic heterocycles. The Kier molecular flexibility index (Phi) is 2.82. The van der Waals surface area contributed by atoms with Crippen LogP contribution in [0.5, 0.6) is 0 Å². The molecule has 3 rings (SSSR count). The average Bonchev–Trinajstić information content (AvgIpc) is 3.02. The van der Waals surface area contributed by atoms with Crippen LogP contribution in [0.1, 0.15) is 12.2 Å². The van der Waals surface area contributed by atoms with E-state index in [1.54, 1.807) is 12.5 Å². The van der Waals surface area contributed by atoms with Gasteiger partial charge in [-0.3, -0.25) is 0 Å². The Morgan fingerprint density at radius 1 is 1.28 bits per heavy atom. The summed E-state index contributed by atoms with van der Waals surface area (Å²) in [5.74, 6) is 1.55. The van der Waals surface area contributed by atoms with E-state index in [9.17, 15) is 0 Å². The molecule has 92 valence electrons. The van der Waals surface area contributed by atoms with Crippen LogP contribution in [-0.4, -0.2) is 26.2 Å². The van der Waals surface area contributed by atoms with Crippen molar-refractivity contribution in [3.63, 3.8) is 0 Å². The van der Waals surface area contributed by atoms with E-state index in [4.69, 9.17) is 9.52 Å². The minimum atomic E-state index is 0.148. The normalized spacial score (nSPS) is 11.2. The molecular weight excluding hydrogens is 230 g/mol. The molecule has 0 saturated carbocycles. The number of furan rings is 1. The first-order valence-electron chi connectivity index (χ1n) is 5.87. The number of aromatic nitrogens is 3. The summed E-state index contributed by atoms with van der Waals surface area (Å²) in [6, 6.07) is 7.49. The largest absolute Gasteiger partial charge is 0.448 e. The predicted molar refractivity (Wildman–Crippen MR) is 66.5 cm³/mol. The van der Waals surface area contributed by atoms with E-state index >= 15 is 0 Å². The van der Waals surface area contributed by atoms with Gasteiger partial charge in [0.05, 0.1) is 6.26 Å². The fraction of sp³-hybridized carbons (Fsp3) is 0.231. The highest BCUT2D eigenvalue weighted by Gasteiger charge is 2.14. The van der Waals surface area contributed by atoms with E-state index in [2.05, 4.69) is 9.97 Å². The number of rotatable bonds is 4. The number of hydrogen-bond donors (Lipinski definition) is 1. The zero-order valence-corrected chi connectivity index (χ0v) is 9.78. The Hall–Kier alpha value is -2.14. The minimum Gasteiger partial charge on any atom is -0.448 e. The van der Waals surface area contributed by atoms with Crippen LogP contribution in [0.4, 0.5) is 0 Å². The van der Waals surface area contributed by atoms with Crippen LogP contribution in [0.25, 0.3) is 17.0 Å². The number of aliphatic hydroxyl groups excluding tert-OH is 1. The van der Waals surface area contributed by atoms with Gasteiger partial charge in [-0.15, -0.1) is 0 Å². The van der Waals surface area contributed by atoms with Gasteiger partial charge >= 0.3 is 0 Å². The molecular formula is C13H13N3O2. The van der Waals surface area contributed by atoms with Crippen molar-refractivity contribution in [2.45, 2.75) is 12.8 Å². The summed E-state index contributed by atoms with van der Waals surface area (Å²) in [6.07, 6.45) is 4.72. The summed E-state index contributed by atoms with van der Waals surface area (Å²) < 4.78 is 7.32. The molecule has 3 heterocycles. The Labute approximate surface area is 104 Å². The first-order chi connectivity index (χ1) is 8.90. The topological polar surface area (TPSA) is 64.1 Å². The first kappa shape index (κ1) is 11.0. The monoisotopic (exact) mass is 243 g/mol. The summed E-state index contributed by atoms with van der Waals surface area (Å²) in [7, 11) is 0. The van der Waals surface area contributed by atoms with Crippen molar-refractivity contribution in [2.75, 3.05) is 6.61 Å². The molecule has 5 nitrogen and oxygen atoms in total. The number of fused-ring (bicyclic) bond motifs is 1. The summed E-state index contributed by atoms with van der Waals surface area (Å²) in [5.41, 5.74) is 1.61. The van der Waals surface area contributed by atoms with Crippen molar-refractivity contribution < 1.29 is 9.52 Å². The Balaban J connectivity index is 2.18. The maximum atomic E-state index is 8.95. The molecule has 0 atom stereocenters. The van der Waals surface area contributed by atoms with Gasteiger partial charge in [0.2, 0.25) is 5.88 Å². The van der Waals surface area contributed by atoms with Crippen LogP contribution < -0.4 is 0 Å². The standard InChI is InChI=1S/C13H13N3O2/c17-8-2-5-11-15-10-4-1-7-14-13(10)16(11)12-6-3-9-18-12/h1,3-4,6-7,9,17H,2,5,8H2. The maximum absolute atomic E-state index is 8.95. The molecule has 0 aliphatic rings. The van der Waals surface area contributed by atoms with E-state index < -0.39 is 0 Å². The van der Waals surface area contributed by atoms with E-state index in [0.717, 1.165) is 17.0 Å². The maximum Gasteiger partial charge on any atom is 0.206 e. The zero-order chi connectivity index (χ0) is 12.4. The molecule has 3 aromatic rings. The highest BCUT2D eigenvalue weighted by Crippen LogP contribution is 2.20. The number of aryl methyl sites for hydroxylation is 1. The van der Waals surface area contributed by atoms with Crippen LogP contribution in [0.15, 0.2) is 41.1 Å². The number of aliphatic hydroxyl groups is 1. The van der Waals surface area contributed by atoms with Crippen LogP contribution in [-0.2, 0) is 6.42 Å². The van der Waals surface area contributed by atoms with Gasteiger partial charge in [-0.1, -0.05) is 0 Å². The van der Waals surface area contributed by atoms with Gasteiger partial charge in [0, 0.05) is 25.3 Å². The fourth-order valence-corrected chi connectivity index (χ4v) is 1.99. The van der Waals surface area contributed by atoms with Crippen molar-refractivity contribution in [3.8, 4) is 5.88 Å². The van der Waals surface area contributed by atoms with Crippen molar-refractivity contribution in [2.24, 2.45) is 0 Å². The molecule has 0 aromatic carbocycles. The number of nitrogens with zero attached hydrogens (tertiary/aromatic N) is 3. The lowest BCUT2D eigenvalue weighted by Gasteiger charge is -2.03. The highest BCUT2D eigenvalue weighted by atomic mass is 16.3. The third-order valence-electron chi connectivity index (χ3n) is 2.77. The van der Waals surface area contributed by atoms with Gasteiger partial charge in [-0.25, -0.2) is 14.5 Å². The molecule has 0 saturated heterocycles. The van der Waals surface area contributed by atoms with Gasteiger partial charge in [0.25, 0.3) is 0 Å². The third kappa shape index (κ3) is 1.78. The second-order valence-electron chi connectivity index (χ2n) is 3.99. The second kappa shape index (κ2) is 4.62. The lowest BCUT2D eigenvalue weighted by molar-refractivity contribution is 0.287. The lowest BCUT2D eigenvalue weighted by Crippen LogP contribution is -2.02.